The number of hydrogen-bond acceptors (Lipinski definition) is 4. The molecular formula is C5H7NO2S2. The van der Waals surface area contributed by atoms with Crippen molar-refractivity contribution in [2.75, 3.05) is 5.08 Å². The molecular weight excluding hydrogens is 170 g/mol. The molecule has 1 aliphatic rings. The van der Waals surface area contributed by atoms with Crippen molar-refractivity contribution in [3.63, 3.8) is 0 Å². The molecule has 1 heterocycles. The van der Waals surface area contributed by atoms with Crippen molar-refractivity contribution in [2.24, 2.45) is 4.99 Å². The summed E-state index contributed by atoms with van der Waals surface area (Å²) in [5.41, 5.74) is 1.73. The molecule has 0 spiro atoms. The van der Waals surface area contributed by atoms with E-state index in [1.165, 1.54) is 0 Å². The SMILES string of the molecule is O=C(O)CC1N=CSCS1. The largest absolute Gasteiger partial charge is 0.481 e. The third-order valence-corrected chi connectivity index (χ3v) is 3.01. The van der Waals surface area contributed by atoms with Gasteiger partial charge in [-0.2, -0.15) is 0 Å². The topological polar surface area (TPSA) is 49.7 Å². The maximum Gasteiger partial charge on any atom is 0.306 e. The molecule has 5 heteroatoms. The predicted molar refractivity (Wildman–Crippen MR) is 44.6 cm³/mol. The minimum Gasteiger partial charge on any atom is -0.481 e. The molecule has 1 N–H and O–H groups in total. The summed E-state index contributed by atoms with van der Waals surface area (Å²) in [6, 6.07) is 0. The predicted octanol–water partition coefficient (Wildman–Crippen LogP) is 1.25. The van der Waals surface area contributed by atoms with E-state index in [9.17, 15) is 4.79 Å². The number of aliphatic carboxylic acids is 1. The zero-order valence-electron chi connectivity index (χ0n) is 5.19. The van der Waals surface area contributed by atoms with Crippen molar-refractivity contribution in [1.29, 1.82) is 0 Å². The van der Waals surface area contributed by atoms with E-state index in [4.69, 9.17) is 5.11 Å². The van der Waals surface area contributed by atoms with Gasteiger partial charge in [0, 0.05) is 5.08 Å². The highest BCUT2D eigenvalue weighted by Gasteiger charge is 2.13. The molecule has 0 amide bonds. The molecule has 0 saturated carbocycles. The van der Waals surface area contributed by atoms with Crippen molar-refractivity contribution in [1.82, 2.24) is 0 Å². The van der Waals surface area contributed by atoms with E-state index in [1.54, 1.807) is 29.1 Å². The normalized spacial score (nSPS) is 24.6. The highest BCUT2D eigenvalue weighted by molar-refractivity contribution is 8.23. The van der Waals surface area contributed by atoms with E-state index in [-0.39, 0.29) is 11.8 Å². The van der Waals surface area contributed by atoms with Gasteiger partial charge in [-0.15, -0.1) is 23.5 Å². The Hall–Kier alpha value is -0.160. The smallest absolute Gasteiger partial charge is 0.306 e. The molecule has 0 aromatic rings. The van der Waals surface area contributed by atoms with Crippen molar-refractivity contribution >= 4 is 35.0 Å². The summed E-state index contributed by atoms with van der Waals surface area (Å²) in [5, 5.41) is 9.23. The second kappa shape index (κ2) is 3.88. The third-order valence-electron chi connectivity index (χ3n) is 0.979. The van der Waals surface area contributed by atoms with Gasteiger partial charge < -0.3 is 5.11 Å². The minimum atomic E-state index is -0.776. The number of carboxylic acids is 1. The molecule has 10 heavy (non-hydrogen) atoms. The van der Waals surface area contributed by atoms with Gasteiger partial charge in [0.2, 0.25) is 0 Å². The van der Waals surface area contributed by atoms with Crippen LogP contribution in [0.4, 0.5) is 0 Å². The average molecular weight is 177 g/mol. The molecule has 0 bridgehead atoms. The Kier molecular flexibility index (Phi) is 3.08. The van der Waals surface area contributed by atoms with Crippen molar-refractivity contribution in [3.8, 4) is 0 Å². The fourth-order valence-corrected chi connectivity index (χ4v) is 2.47. The van der Waals surface area contributed by atoms with Gasteiger partial charge in [-0.05, 0) is 0 Å². The Morgan fingerprint density at radius 1 is 1.90 bits per heavy atom. The second-order valence-corrected chi connectivity index (χ2v) is 4.12. The molecule has 1 aliphatic heterocycles. The first-order chi connectivity index (χ1) is 4.79. The van der Waals surface area contributed by atoms with E-state index in [0.29, 0.717) is 0 Å². The molecule has 0 fully saturated rings. The van der Waals surface area contributed by atoms with Gasteiger partial charge in [-0.1, -0.05) is 0 Å². The Labute approximate surface area is 67.3 Å². The number of rotatable bonds is 2. The van der Waals surface area contributed by atoms with Gasteiger partial charge in [0.25, 0.3) is 0 Å². The molecule has 56 valence electrons. The maximum absolute atomic E-state index is 10.2. The zero-order chi connectivity index (χ0) is 7.40. The van der Waals surface area contributed by atoms with Gasteiger partial charge in [-0.3, -0.25) is 9.79 Å². The first kappa shape index (κ1) is 7.94. The molecule has 0 aromatic carbocycles. The fraction of sp³-hybridized carbons (Fsp3) is 0.600. The van der Waals surface area contributed by atoms with Gasteiger partial charge in [0.1, 0.15) is 5.37 Å². The number of hydrogen-bond donors (Lipinski definition) is 1. The van der Waals surface area contributed by atoms with Crippen LogP contribution in [0, 0.1) is 0 Å². The van der Waals surface area contributed by atoms with Crippen LogP contribution in [-0.4, -0.2) is 27.1 Å². The van der Waals surface area contributed by atoms with Crippen LogP contribution in [0.15, 0.2) is 4.99 Å². The van der Waals surface area contributed by atoms with Crippen LogP contribution in [0.5, 0.6) is 0 Å². The molecule has 0 radical (unpaired) electrons. The lowest BCUT2D eigenvalue weighted by atomic mass is 10.4. The lowest BCUT2D eigenvalue weighted by Gasteiger charge is -2.11. The van der Waals surface area contributed by atoms with Crippen molar-refractivity contribution in [3.05, 3.63) is 0 Å². The van der Waals surface area contributed by atoms with E-state index < -0.39 is 5.97 Å². The fourth-order valence-electron chi connectivity index (χ4n) is 0.563. The first-order valence-corrected chi connectivity index (χ1v) is 4.85. The summed E-state index contributed by atoms with van der Waals surface area (Å²) in [7, 11) is 0. The lowest BCUT2D eigenvalue weighted by molar-refractivity contribution is -0.136. The molecule has 0 saturated heterocycles. The molecule has 0 aliphatic carbocycles. The monoisotopic (exact) mass is 177 g/mol. The maximum atomic E-state index is 10.2. The zero-order valence-corrected chi connectivity index (χ0v) is 6.82. The number of carbonyl (C=O) groups is 1. The second-order valence-electron chi connectivity index (χ2n) is 1.76. The van der Waals surface area contributed by atoms with Crippen LogP contribution >= 0.6 is 23.5 Å². The number of aliphatic imine (C=N–C) groups is 1. The highest BCUT2D eigenvalue weighted by atomic mass is 32.2. The Morgan fingerprint density at radius 3 is 3.20 bits per heavy atom. The average Bonchev–Trinajstić information content (AvgIpc) is 1.88. The minimum absolute atomic E-state index is 0.0567. The van der Waals surface area contributed by atoms with Gasteiger partial charge in [0.05, 0.1) is 12.0 Å². The Bertz CT molecular complexity index is 160. The lowest BCUT2D eigenvalue weighted by Crippen LogP contribution is -2.09. The van der Waals surface area contributed by atoms with E-state index in [2.05, 4.69) is 4.99 Å². The summed E-state index contributed by atoms with van der Waals surface area (Å²) in [5.74, 6) is -0.776. The van der Waals surface area contributed by atoms with Crippen LogP contribution in [0.25, 0.3) is 0 Å². The summed E-state index contributed by atoms with van der Waals surface area (Å²) in [6.45, 7) is 0. The van der Waals surface area contributed by atoms with E-state index >= 15 is 0 Å². The van der Waals surface area contributed by atoms with Gasteiger partial charge >= 0.3 is 5.97 Å². The summed E-state index contributed by atoms with van der Waals surface area (Å²) >= 11 is 3.18. The van der Waals surface area contributed by atoms with Crippen LogP contribution < -0.4 is 0 Å². The molecule has 1 atom stereocenters. The summed E-state index contributed by atoms with van der Waals surface area (Å²) < 4.78 is 0. The standard InChI is InChI=1S/C5H7NO2S2/c7-5(8)1-4-6-2-9-3-10-4/h2,4H,1,3H2,(H,7,8). The van der Waals surface area contributed by atoms with Crippen LogP contribution in [0.3, 0.4) is 0 Å². The van der Waals surface area contributed by atoms with Crippen LogP contribution in [-0.2, 0) is 4.79 Å². The number of nitrogens with zero attached hydrogens (tertiary/aromatic N) is 1. The third kappa shape index (κ3) is 2.62. The van der Waals surface area contributed by atoms with Gasteiger partial charge in [-0.25, -0.2) is 0 Å². The first-order valence-electron chi connectivity index (χ1n) is 2.75. The van der Waals surface area contributed by atoms with E-state index in [0.717, 1.165) is 5.08 Å². The van der Waals surface area contributed by atoms with Crippen LogP contribution in [0.1, 0.15) is 6.42 Å². The van der Waals surface area contributed by atoms with Crippen LogP contribution in [0.2, 0.25) is 0 Å². The Balaban J connectivity index is 2.33. The molecule has 1 unspecified atom stereocenters. The Morgan fingerprint density at radius 2 is 2.70 bits per heavy atom. The van der Waals surface area contributed by atoms with Crippen molar-refractivity contribution in [2.45, 2.75) is 11.8 Å². The van der Waals surface area contributed by atoms with Gasteiger partial charge in [0.15, 0.2) is 0 Å². The summed E-state index contributed by atoms with van der Waals surface area (Å²) in [6.07, 6.45) is 0.141. The van der Waals surface area contributed by atoms with E-state index in [1.807, 2.05) is 0 Å². The highest BCUT2D eigenvalue weighted by Crippen LogP contribution is 2.24. The quantitative estimate of drug-likeness (QED) is 0.689. The van der Waals surface area contributed by atoms with Crippen molar-refractivity contribution < 1.29 is 9.90 Å². The number of carboxylic acid groups (broad SMARTS) is 1. The molecule has 3 nitrogen and oxygen atoms in total. The molecule has 1 rings (SSSR count). The number of thioether (sulfide) groups is 2. The summed E-state index contributed by atoms with van der Waals surface area (Å²) in [4.78, 5) is 14.2. The molecule has 0 aromatic heterocycles.